The minimum Gasteiger partial charge on any atom is -0.353 e. The standard InChI is InChI=1S/C14H18N4OS/c19-10-12-13(15-14-18(12)7-8-20-14)17-6-3-11(9-17)16-4-1-2-5-16/h7-8,10-11H,1-6,9H2. The molecule has 0 aromatic carbocycles. The van der Waals surface area contributed by atoms with E-state index in [4.69, 9.17) is 0 Å². The van der Waals surface area contributed by atoms with Crippen LogP contribution in [-0.2, 0) is 0 Å². The summed E-state index contributed by atoms with van der Waals surface area (Å²) in [5.41, 5.74) is 0.698. The van der Waals surface area contributed by atoms with Crippen LogP contribution in [0.1, 0.15) is 29.8 Å². The number of carbonyl (C=O) groups is 1. The molecule has 0 spiro atoms. The van der Waals surface area contributed by atoms with E-state index in [0.717, 1.165) is 30.2 Å². The fraction of sp³-hybridized carbons (Fsp3) is 0.571. The number of hydrogen-bond donors (Lipinski definition) is 0. The van der Waals surface area contributed by atoms with Gasteiger partial charge in [0.1, 0.15) is 5.69 Å². The molecular weight excluding hydrogens is 272 g/mol. The zero-order valence-electron chi connectivity index (χ0n) is 11.4. The van der Waals surface area contributed by atoms with Crippen molar-refractivity contribution in [1.29, 1.82) is 0 Å². The molecule has 0 saturated carbocycles. The van der Waals surface area contributed by atoms with E-state index >= 15 is 0 Å². The Kier molecular flexibility index (Phi) is 3.00. The molecule has 106 valence electrons. The molecule has 4 rings (SSSR count). The van der Waals surface area contributed by atoms with E-state index in [-0.39, 0.29) is 0 Å². The van der Waals surface area contributed by atoms with Crippen molar-refractivity contribution in [3.8, 4) is 0 Å². The molecule has 1 atom stereocenters. The first kappa shape index (κ1) is 12.3. The summed E-state index contributed by atoms with van der Waals surface area (Å²) in [5.74, 6) is 0.869. The van der Waals surface area contributed by atoms with E-state index in [2.05, 4.69) is 14.8 Å². The number of rotatable bonds is 3. The minimum absolute atomic E-state index is 0.636. The average molecular weight is 290 g/mol. The third kappa shape index (κ3) is 1.86. The van der Waals surface area contributed by atoms with Gasteiger partial charge in [0, 0.05) is 30.7 Å². The molecule has 2 aromatic heterocycles. The normalized spacial score (nSPS) is 24.0. The van der Waals surface area contributed by atoms with Crippen molar-refractivity contribution in [2.24, 2.45) is 0 Å². The molecule has 20 heavy (non-hydrogen) atoms. The van der Waals surface area contributed by atoms with Crippen LogP contribution in [0.3, 0.4) is 0 Å². The maximum absolute atomic E-state index is 11.4. The molecule has 0 N–H and O–H groups in total. The molecule has 2 aromatic rings. The Morgan fingerprint density at radius 2 is 2.15 bits per heavy atom. The highest BCUT2D eigenvalue weighted by molar-refractivity contribution is 7.15. The monoisotopic (exact) mass is 290 g/mol. The lowest BCUT2D eigenvalue weighted by molar-refractivity contribution is 0.111. The van der Waals surface area contributed by atoms with E-state index in [1.54, 1.807) is 11.3 Å². The molecule has 2 aliphatic heterocycles. The fourth-order valence-electron chi connectivity index (χ4n) is 3.47. The van der Waals surface area contributed by atoms with E-state index in [1.165, 1.54) is 32.4 Å². The number of aromatic nitrogens is 2. The minimum atomic E-state index is 0.636. The lowest BCUT2D eigenvalue weighted by Gasteiger charge is -2.23. The first-order chi connectivity index (χ1) is 9.86. The van der Waals surface area contributed by atoms with Crippen molar-refractivity contribution in [3.05, 3.63) is 17.3 Å². The van der Waals surface area contributed by atoms with Crippen LogP contribution in [0.5, 0.6) is 0 Å². The van der Waals surface area contributed by atoms with Crippen LogP contribution in [0, 0.1) is 0 Å². The van der Waals surface area contributed by atoms with Gasteiger partial charge in [-0.1, -0.05) is 0 Å². The summed E-state index contributed by atoms with van der Waals surface area (Å²) in [6.07, 6.45) is 6.70. The van der Waals surface area contributed by atoms with Gasteiger partial charge in [-0.2, -0.15) is 0 Å². The molecular formula is C14H18N4OS. The first-order valence-electron chi connectivity index (χ1n) is 7.26. The van der Waals surface area contributed by atoms with Gasteiger partial charge in [0.15, 0.2) is 17.1 Å². The summed E-state index contributed by atoms with van der Waals surface area (Å²) in [4.78, 5) is 21.8. The molecule has 2 saturated heterocycles. The van der Waals surface area contributed by atoms with Gasteiger partial charge < -0.3 is 4.90 Å². The molecule has 5 nitrogen and oxygen atoms in total. The molecule has 6 heteroatoms. The number of nitrogens with zero attached hydrogens (tertiary/aromatic N) is 4. The van der Waals surface area contributed by atoms with Crippen molar-refractivity contribution < 1.29 is 4.79 Å². The van der Waals surface area contributed by atoms with Gasteiger partial charge in [0.05, 0.1) is 0 Å². The molecule has 2 fully saturated rings. The molecule has 1 unspecified atom stereocenters. The zero-order chi connectivity index (χ0) is 13.5. The largest absolute Gasteiger partial charge is 0.353 e. The summed E-state index contributed by atoms with van der Waals surface area (Å²) in [7, 11) is 0. The molecule has 0 radical (unpaired) electrons. The number of aldehydes is 1. The first-order valence-corrected chi connectivity index (χ1v) is 8.14. The van der Waals surface area contributed by atoms with Gasteiger partial charge in [-0.05, 0) is 32.4 Å². The fourth-order valence-corrected chi connectivity index (χ4v) is 4.19. The van der Waals surface area contributed by atoms with Crippen LogP contribution < -0.4 is 4.90 Å². The van der Waals surface area contributed by atoms with Crippen LogP contribution in [0.15, 0.2) is 11.6 Å². The molecule has 4 heterocycles. The molecule has 0 amide bonds. The Morgan fingerprint density at radius 1 is 1.30 bits per heavy atom. The smallest absolute Gasteiger partial charge is 0.196 e. The average Bonchev–Trinajstić information content (AvgIpc) is 3.21. The summed E-state index contributed by atoms with van der Waals surface area (Å²) in [6, 6.07) is 0.636. The van der Waals surface area contributed by atoms with Gasteiger partial charge in [-0.3, -0.25) is 14.1 Å². The quantitative estimate of drug-likeness (QED) is 0.809. The van der Waals surface area contributed by atoms with Crippen molar-refractivity contribution in [3.63, 3.8) is 0 Å². The lowest BCUT2D eigenvalue weighted by atomic mass is 10.2. The molecule has 0 bridgehead atoms. The Balaban J connectivity index is 1.60. The SMILES string of the molecule is O=Cc1c(N2CCC(N3CCCC3)C2)nc2sccn12. The van der Waals surface area contributed by atoms with E-state index in [9.17, 15) is 4.79 Å². The number of hydrogen-bond acceptors (Lipinski definition) is 5. The number of carbonyl (C=O) groups excluding carboxylic acids is 1. The predicted octanol–water partition coefficient (Wildman–Crippen LogP) is 1.88. The van der Waals surface area contributed by atoms with Crippen LogP contribution in [-0.4, -0.2) is 52.8 Å². The Morgan fingerprint density at radius 3 is 2.95 bits per heavy atom. The van der Waals surface area contributed by atoms with Crippen LogP contribution in [0.4, 0.5) is 5.82 Å². The number of anilines is 1. The van der Waals surface area contributed by atoms with Crippen molar-refractivity contribution >= 4 is 28.4 Å². The second kappa shape index (κ2) is 4.86. The second-order valence-electron chi connectivity index (χ2n) is 5.63. The third-order valence-electron chi connectivity index (χ3n) is 4.51. The Labute approximate surface area is 121 Å². The highest BCUT2D eigenvalue weighted by Gasteiger charge is 2.31. The van der Waals surface area contributed by atoms with E-state index < -0.39 is 0 Å². The molecule has 0 aliphatic carbocycles. The summed E-state index contributed by atoms with van der Waals surface area (Å²) >= 11 is 1.58. The van der Waals surface area contributed by atoms with Crippen molar-refractivity contribution in [2.75, 3.05) is 31.1 Å². The van der Waals surface area contributed by atoms with Gasteiger partial charge in [0.25, 0.3) is 0 Å². The van der Waals surface area contributed by atoms with Crippen molar-refractivity contribution in [1.82, 2.24) is 14.3 Å². The maximum Gasteiger partial charge on any atom is 0.196 e. The second-order valence-corrected chi connectivity index (χ2v) is 6.50. The van der Waals surface area contributed by atoms with Crippen molar-refractivity contribution in [2.45, 2.75) is 25.3 Å². The molecule has 2 aliphatic rings. The Hall–Kier alpha value is -1.40. The van der Waals surface area contributed by atoms with Gasteiger partial charge in [-0.25, -0.2) is 4.98 Å². The number of likely N-dealkylation sites (tertiary alicyclic amines) is 1. The van der Waals surface area contributed by atoms with Gasteiger partial charge in [-0.15, -0.1) is 11.3 Å². The number of thiazole rings is 1. The highest BCUT2D eigenvalue weighted by Crippen LogP contribution is 2.28. The van der Waals surface area contributed by atoms with Crippen LogP contribution >= 0.6 is 11.3 Å². The topological polar surface area (TPSA) is 40.9 Å². The van der Waals surface area contributed by atoms with E-state index in [1.807, 2.05) is 16.0 Å². The maximum atomic E-state index is 11.4. The third-order valence-corrected chi connectivity index (χ3v) is 5.27. The van der Waals surface area contributed by atoms with Gasteiger partial charge in [0.2, 0.25) is 0 Å². The number of fused-ring (bicyclic) bond motifs is 1. The number of imidazole rings is 1. The summed E-state index contributed by atoms with van der Waals surface area (Å²) in [5, 5.41) is 1.97. The van der Waals surface area contributed by atoms with Crippen LogP contribution in [0.25, 0.3) is 4.96 Å². The summed E-state index contributed by atoms with van der Waals surface area (Å²) in [6.45, 7) is 4.48. The lowest BCUT2D eigenvalue weighted by Crippen LogP contribution is -2.35. The Bertz CT molecular complexity index is 628. The highest BCUT2D eigenvalue weighted by atomic mass is 32.1. The van der Waals surface area contributed by atoms with Crippen LogP contribution in [0.2, 0.25) is 0 Å². The van der Waals surface area contributed by atoms with Gasteiger partial charge >= 0.3 is 0 Å². The summed E-state index contributed by atoms with van der Waals surface area (Å²) < 4.78 is 1.90. The zero-order valence-corrected chi connectivity index (χ0v) is 12.2. The van der Waals surface area contributed by atoms with E-state index in [0.29, 0.717) is 11.7 Å². The predicted molar refractivity (Wildman–Crippen MR) is 79.9 cm³/mol.